The summed E-state index contributed by atoms with van der Waals surface area (Å²) < 4.78 is 1.73. The van der Waals surface area contributed by atoms with Gasteiger partial charge in [-0.1, -0.05) is 31.4 Å². The van der Waals surface area contributed by atoms with Gasteiger partial charge in [0.15, 0.2) is 0 Å². The van der Waals surface area contributed by atoms with Crippen LogP contribution in [0.3, 0.4) is 0 Å². The normalized spacial score (nSPS) is 20.5. The van der Waals surface area contributed by atoms with E-state index in [0.717, 1.165) is 55.7 Å². The Balaban J connectivity index is 1.55. The first-order chi connectivity index (χ1) is 17.9. The second-order valence-electron chi connectivity index (χ2n) is 10.1. The molecular formula is C28H40N6O3. The molecule has 4 rings (SSSR count). The molecule has 0 radical (unpaired) electrons. The van der Waals surface area contributed by atoms with Gasteiger partial charge >= 0.3 is 0 Å². The van der Waals surface area contributed by atoms with Crippen LogP contribution in [-0.4, -0.2) is 63.3 Å². The van der Waals surface area contributed by atoms with Crippen LogP contribution in [-0.2, 0) is 9.59 Å². The molecule has 1 aliphatic carbocycles. The molecule has 37 heavy (non-hydrogen) atoms. The van der Waals surface area contributed by atoms with Crippen LogP contribution < -0.4 is 16.0 Å². The maximum Gasteiger partial charge on any atom is 0.246 e. The first-order valence-corrected chi connectivity index (χ1v) is 13.5. The van der Waals surface area contributed by atoms with Crippen LogP contribution in [0, 0.1) is 5.92 Å². The van der Waals surface area contributed by atoms with E-state index in [0.29, 0.717) is 6.54 Å². The van der Waals surface area contributed by atoms with Crippen molar-refractivity contribution in [2.24, 2.45) is 5.92 Å². The number of aromatic nitrogens is 2. The number of hydrogen-bond donors (Lipinski definition) is 4. The highest BCUT2D eigenvalue weighted by Crippen LogP contribution is 2.31. The monoisotopic (exact) mass is 508 g/mol. The number of benzene rings is 1. The van der Waals surface area contributed by atoms with Gasteiger partial charge in [-0.15, -0.1) is 0 Å². The van der Waals surface area contributed by atoms with Crippen molar-refractivity contribution < 1.29 is 14.7 Å². The molecule has 4 N–H and O–H groups in total. The van der Waals surface area contributed by atoms with Crippen molar-refractivity contribution in [3.05, 3.63) is 48.3 Å². The predicted octanol–water partition coefficient (Wildman–Crippen LogP) is 3.56. The lowest BCUT2D eigenvalue weighted by atomic mass is 9.83. The van der Waals surface area contributed by atoms with Crippen molar-refractivity contribution in [3.63, 3.8) is 0 Å². The molecule has 9 nitrogen and oxygen atoms in total. The van der Waals surface area contributed by atoms with Crippen LogP contribution >= 0.6 is 0 Å². The van der Waals surface area contributed by atoms with Crippen LogP contribution in [0.5, 0.6) is 5.75 Å². The van der Waals surface area contributed by atoms with E-state index >= 15 is 0 Å². The van der Waals surface area contributed by atoms with E-state index in [2.05, 4.69) is 21.0 Å². The SMILES string of the molecule is CC=C(Nc1ccnn1-c1cccc(O)c1)[C@@H]1CCCN1C(=O)[C@@H](NC(=O)[C@H](C)NC)C1CCCCC1. The van der Waals surface area contributed by atoms with Gasteiger partial charge < -0.3 is 26.0 Å². The fraction of sp³-hybridized carbons (Fsp3) is 0.536. The molecule has 1 aromatic carbocycles. The first kappa shape index (κ1) is 26.7. The van der Waals surface area contributed by atoms with E-state index in [9.17, 15) is 14.7 Å². The summed E-state index contributed by atoms with van der Waals surface area (Å²) in [5, 5.41) is 23.9. The van der Waals surface area contributed by atoms with Crippen LogP contribution in [0.15, 0.2) is 48.3 Å². The highest BCUT2D eigenvalue weighted by atomic mass is 16.3. The maximum absolute atomic E-state index is 14.0. The number of carbonyl (C=O) groups is 2. The third-order valence-electron chi connectivity index (χ3n) is 7.71. The number of likely N-dealkylation sites (N-methyl/N-ethyl adjacent to an activating group) is 1. The molecule has 2 aromatic rings. The third-order valence-corrected chi connectivity index (χ3v) is 7.71. The lowest BCUT2D eigenvalue weighted by Gasteiger charge is -2.36. The fourth-order valence-corrected chi connectivity index (χ4v) is 5.51. The van der Waals surface area contributed by atoms with Gasteiger partial charge in [-0.3, -0.25) is 9.59 Å². The van der Waals surface area contributed by atoms with Gasteiger partial charge in [0.1, 0.15) is 17.6 Å². The first-order valence-electron chi connectivity index (χ1n) is 13.5. The van der Waals surface area contributed by atoms with Crippen molar-refractivity contribution >= 4 is 17.6 Å². The Bertz CT molecular complexity index is 1110. The van der Waals surface area contributed by atoms with Gasteiger partial charge in [-0.2, -0.15) is 5.10 Å². The number of carbonyl (C=O) groups excluding carboxylic acids is 2. The topological polar surface area (TPSA) is 112 Å². The Hall–Kier alpha value is -3.33. The zero-order valence-electron chi connectivity index (χ0n) is 22.1. The highest BCUT2D eigenvalue weighted by Gasteiger charge is 2.39. The summed E-state index contributed by atoms with van der Waals surface area (Å²) in [6.45, 7) is 4.44. The van der Waals surface area contributed by atoms with Crippen molar-refractivity contribution in [2.45, 2.75) is 76.9 Å². The number of hydrogen-bond acceptors (Lipinski definition) is 6. The second kappa shape index (κ2) is 12.3. The average Bonchev–Trinajstić information content (AvgIpc) is 3.59. The van der Waals surface area contributed by atoms with Crippen LogP contribution in [0.4, 0.5) is 5.82 Å². The van der Waals surface area contributed by atoms with E-state index < -0.39 is 6.04 Å². The average molecular weight is 509 g/mol. The minimum absolute atomic E-state index is 0.00805. The number of nitrogens with one attached hydrogen (secondary N) is 3. The predicted molar refractivity (Wildman–Crippen MR) is 144 cm³/mol. The van der Waals surface area contributed by atoms with Crippen LogP contribution in [0.1, 0.15) is 58.8 Å². The minimum atomic E-state index is -0.514. The van der Waals surface area contributed by atoms with Gasteiger partial charge in [0.05, 0.1) is 24.0 Å². The van der Waals surface area contributed by atoms with Gasteiger partial charge in [0.2, 0.25) is 11.8 Å². The molecule has 2 heterocycles. The van der Waals surface area contributed by atoms with Gasteiger partial charge in [-0.05, 0) is 64.6 Å². The van der Waals surface area contributed by atoms with Crippen molar-refractivity contribution in [1.29, 1.82) is 0 Å². The van der Waals surface area contributed by atoms with E-state index in [4.69, 9.17) is 0 Å². The molecule has 0 bridgehead atoms. The Morgan fingerprint density at radius 1 is 1.14 bits per heavy atom. The molecule has 1 aliphatic heterocycles. The number of phenolic OH excluding ortho intramolecular Hbond substituents is 1. The van der Waals surface area contributed by atoms with Gasteiger partial charge in [-0.25, -0.2) is 4.68 Å². The molecule has 1 aromatic heterocycles. The molecule has 3 atom stereocenters. The zero-order chi connectivity index (χ0) is 26.4. The lowest BCUT2D eigenvalue weighted by Crippen LogP contribution is -2.56. The smallest absolute Gasteiger partial charge is 0.246 e. The van der Waals surface area contributed by atoms with E-state index in [1.54, 1.807) is 36.1 Å². The number of allylic oxidation sites excluding steroid dienone is 1. The number of nitrogens with zero attached hydrogens (tertiary/aromatic N) is 3. The van der Waals surface area contributed by atoms with Crippen LogP contribution in [0.25, 0.3) is 5.69 Å². The number of amides is 2. The summed E-state index contributed by atoms with van der Waals surface area (Å²) in [6, 6.07) is 7.81. The largest absolute Gasteiger partial charge is 0.508 e. The number of likely N-dealkylation sites (tertiary alicyclic amines) is 1. The summed E-state index contributed by atoms with van der Waals surface area (Å²) in [5.41, 5.74) is 1.66. The zero-order valence-corrected chi connectivity index (χ0v) is 22.1. The molecule has 200 valence electrons. The quantitative estimate of drug-likeness (QED) is 0.412. The summed E-state index contributed by atoms with van der Waals surface area (Å²) in [7, 11) is 1.75. The fourth-order valence-electron chi connectivity index (χ4n) is 5.51. The van der Waals surface area contributed by atoms with Gasteiger partial charge in [0, 0.05) is 24.4 Å². The summed E-state index contributed by atoms with van der Waals surface area (Å²) >= 11 is 0. The molecule has 1 saturated carbocycles. The maximum atomic E-state index is 14.0. The standard InChI is InChI=1S/C28H40N6O3/c1-4-23(31-25-15-16-30-34(25)21-12-8-13-22(35)18-21)24-14-9-17-33(24)28(37)26(20-10-6-5-7-11-20)32-27(36)19(2)29-3/h4,8,12-13,15-16,18-20,24,26,29,31,35H,5-7,9-11,14,17H2,1-3H3,(H,32,36)/t19-,24-,26-/m0/s1. The summed E-state index contributed by atoms with van der Waals surface area (Å²) in [5.74, 6) is 0.944. The minimum Gasteiger partial charge on any atom is -0.508 e. The Kier molecular flexibility index (Phi) is 8.87. The molecule has 1 saturated heterocycles. The number of rotatable bonds is 9. The molecule has 2 aliphatic rings. The summed E-state index contributed by atoms with van der Waals surface area (Å²) in [6.07, 6.45) is 10.7. The third kappa shape index (κ3) is 6.15. The van der Waals surface area contributed by atoms with Crippen molar-refractivity contribution in [1.82, 2.24) is 25.3 Å². The number of anilines is 1. The Morgan fingerprint density at radius 2 is 1.92 bits per heavy atom. The molecule has 2 fully saturated rings. The van der Waals surface area contributed by atoms with Crippen molar-refractivity contribution in [2.75, 3.05) is 18.9 Å². The Labute approximate surface area is 219 Å². The highest BCUT2D eigenvalue weighted by molar-refractivity contribution is 5.90. The number of phenols is 1. The molecule has 9 heteroatoms. The van der Waals surface area contributed by atoms with E-state index in [1.165, 1.54) is 6.42 Å². The molecule has 0 spiro atoms. The lowest BCUT2D eigenvalue weighted by molar-refractivity contribution is -0.139. The summed E-state index contributed by atoms with van der Waals surface area (Å²) in [4.78, 5) is 28.8. The van der Waals surface area contributed by atoms with Gasteiger partial charge in [0.25, 0.3) is 0 Å². The second-order valence-corrected chi connectivity index (χ2v) is 10.1. The van der Waals surface area contributed by atoms with E-state index in [-0.39, 0.29) is 35.6 Å². The van der Waals surface area contributed by atoms with Crippen molar-refractivity contribution in [3.8, 4) is 11.4 Å². The number of aromatic hydroxyl groups is 1. The van der Waals surface area contributed by atoms with E-state index in [1.807, 2.05) is 37.0 Å². The molecule has 2 amide bonds. The van der Waals surface area contributed by atoms with Crippen LogP contribution in [0.2, 0.25) is 0 Å². The Morgan fingerprint density at radius 3 is 2.62 bits per heavy atom. The molecular weight excluding hydrogens is 468 g/mol. The molecule has 0 unspecified atom stereocenters.